The van der Waals surface area contributed by atoms with Gasteiger partial charge in [-0.05, 0) is 93.5 Å². The van der Waals surface area contributed by atoms with E-state index in [4.69, 9.17) is 49.3 Å². The Morgan fingerprint density at radius 2 is 1.65 bits per heavy atom. The molecule has 308 valence electrons. The highest BCUT2D eigenvalue weighted by Gasteiger charge is 2.44. The molecular weight excluding hydrogens is 806 g/mol. The predicted molar refractivity (Wildman–Crippen MR) is 213 cm³/mol. The van der Waals surface area contributed by atoms with Crippen LogP contribution in [0.15, 0.2) is 48.7 Å². The lowest BCUT2D eigenvalue weighted by Gasteiger charge is -2.40. The monoisotopic (exact) mass is 851 g/mol. The molecule has 3 atom stereocenters. The van der Waals surface area contributed by atoms with Gasteiger partial charge in [0.05, 0.1) is 22.5 Å². The number of piperidine rings is 1. The number of amides is 3. The minimum Gasteiger partial charge on any atom is -0.485 e. The van der Waals surface area contributed by atoms with Gasteiger partial charge in [-0.3, -0.25) is 9.59 Å². The van der Waals surface area contributed by atoms with Gasteiger partial charge >= 0.3 is 12.3 Å². The van der Waals surface area contributed by atoms with Crippen LogP contribution in [0.5, 0.6) is 5.75 Å². The van der Waals surface area contributed by atoms with Crippen LogP contribution in [-0.4, -0.2) is 82.8 Å². The van der Waals surface area contributed by atoms with Crippen LogP contribution in [0.2, 0.25) is 15.1 Å². The number of nitrogens with zero attached hydrogens (tertiary/aromatic N) is 4. The van der Waals surface area contributed by atoms with Crippen LogP contribution in [-0.2, 0) is 27.4 Å². The van der Waals surface area contributed by atoms with Gasteiger partial charge in [0.15, 0.2) is 5.75 Å². The van der Waals surface area contributed by atoms with Gasteiger partial charge in [0, 0.05) is 62.3 Å². The predicted octanol–water partition coefficient (Wildman–Crippen LogP) is 9.11. The van der Waals surface area contributed by atoms with Gasteiger partial charge in [-0.15, -0.1) is 0 Å². The van der Waals surface area contributed by atoms with E-state index in [-0.39, 0.29) is 43.6 Å². The van der Waals surface area contributed by atoms with Crippen LogP contribution >= 0.6 is 34.8 Å². The number of aromatic nitrogens is 1. The smallest absolute Gasteiger partial charge is 0.410 e. The Morgan fingerprint density at radius 3 is 2.28 bits per heavy atom. The van der Waals surface area contributed by atoms with Crippen molar-refractivity contribution < 1.29 is 37.0 Å². The molecular formula is C41H47Cl3F3N5O5. The van der Waals surface area contributed by atoms with Crippen molar-refractivity contribution in [2.75, 3.05) is 31.1 Å². The molecule has 2 aliphatic heterocycles. The molecule has 3 fully saturated rings. The van der Waals surface area contributed by atoms with Gasteiger partial charge in [0.2, 0.25) is 11.8 Å². The number of hydrogen-bond acceptors (Lipinski definition) is 7. The van der Waals surface area contributed by atoms with Crippen molar-refractivity contribution in [2.45, 2.75) is 103 Å². The summed E-state index contributed by atoms with van der Waals surface area (Å²) in [5.74, 6) is -0.934. The highest BCUT2D eigenvalue weighted by molar-refractivity contribution is 6.37. The Morgan fingerprint density at radius 1 is 0.930 bits per heavy atom. The average molecular weight is 853 g/mol. The van der Waals surface area contributed by atoms with Gasteiger partial charge in [-0.1, -0.05) is 53.0 Å². The number of hydrogen-bond donors (Lipinski definition) is 1. The second-order valence-electron chi connectivity index (χ2n) is 16.1. The number of alkyl halides is 3. The quantitative estimate of drug-likeness (QED) is 0.205. The third kappa shape index (κ3) is 11.4. The van der Waals surface area contributed by atoms with Crippen LogP contribution in [0, 0.1) is 12.8 Å². The lowest BCUT2D eigenvalue weighted by Crippen LogP contribution is -2.51. The Kier molecular flexibility index (Phi) is 13.1. The van der Waals surface area contributed by atoms with Gasteiger partial charge in [0.1, 0.15) is 23.9 Å². The van der Waals surface area contributed by atoms with E-state index in [9.17, 15) is 27.6 Å². The van der Waals surface area contributed by atoms with Crippen LogP contribution in [0.25, 0.3) is 0 Å². The van der Waals surface area contributed by atoms with Crippen molar-refractivity contribution in [3.63, 3.8) is 0 Å². The maximum absolute atomic E-state index is 14.8. The Labute approximate surface area is 345 Å². The molecule has 0 spiro atoms. The highest BCUT2D eigenvalue weighted by atomic mass is 35.5. The van der Waals surface area contributed by atoms with E-state index in [0.29, 0.717) is 58.0 Å². The molecule has 6 rings (SSSR count). The first-order chi connectivity index (χ1) is 26.8. The fourth-order valence-electron chi connectivity index (χ4n) is 7.37. The molecule has 1 N–H and O–H groups in total. The first-order valence-corrected chi connectivity index (χ1v) is 20.2. The third-order valence-corrected chi connectivity index (χ3v) is 11.2. The fraction of sp³-hybridized carbons (Fsp3) is 0.512. The number of pyridine rings is 1. The highest BCUT2D eigenvalue weighted by Crippen LogP contribution is 2.40. The van der Waals surface area contributed by atoms with Crippen LogP contribution in [0.4, 0.5) is 23.8 Å². The molecule has 3 amide bonds. The lowest BCUT2D eigenvalue weighted by atomic mass is 9.80. The Balaban J connectivity index is 1.19. The molecule has 10 nitrogen and oxygen atoms in total. The Hall–Kier alpha value is -3.94. The normalized spacial score (nSPS) is 20.0. The van der Waals surface area contributed by atoms with Crippen molar-refractivity contribution in [1.82, 2.24) is 20.1 Å². The zero-order valence-electron chi connectivity index (χ0n) is 32.3. The van der Waals surface area contributed by atoms with Crippen LogP contribution < -0.4 is 15.0 Å². The number of rotatable bonds is 11. The molecule has 2 aromatic carbocycles. The average Bonchev–Trinajstić information content (AvgIpc) is 3.86. The molecule has 2 saturated heterocycles. The topological polar surface area (TPSA) is 104 Å². The summed E-state index contributed by atoms with van der Waals surface area (Å²) in [5, 5.41) is 3.62. The summed E-state index contributed by atoms with van der Waals surface area (Å²) in [5.41, 5.74) is 2.24. The maximum Gasteiger partial charge on any atom is 0.410 e. The minimum absolute atomic E-state index is 0.0447. The molecule has 1 saturated carbocycles. The summed E-state index contributed by atoms with van der Waals surface area (Å²) in [7, 11) is 0. The molecule has 1 aromatic heterocycles. The second-order valence-corrected chi connectivity index (χ2v) is 17.3. The number of nitrogens with one attached hydrogen (secondary N) is 1. The van der Waals surface area contributed by atoms with E-state index in [1.54, 1.807) is 55.0 Å². The summed E-state index contributed by atoms with van der Waals surface area (Å²) < 4.78 is 50.0. The van der Waals surface area contributed by atoms with Gasteiger partial charge in [-0.25, -0.2) is 9.78 Å². The first kappa shape index (κ1) is 42.7. The minimum atomic E-state index is -4.62. The van der Waals surface area contributed by atoms with E-state index in [2.05, 4.69) is 10.2 Å². The number of likely N-dealkylation sites (tertiary alicyclic amines) is 1. The van der Waals surface area contributed by atoms with Crippen LogP contribution in [0.3, 0.4) is 0 Å². The van der Waals surface area contributed by atoms with Crippen molar-refractivity contribution in [3.05, 3.63) is 86.0 Å². The number of halogens is 6. The summed E-state index contributed by atoms with van der Waals surface area (Å²) in [4.78, 5) is 50.3. The molecule has 3 heterocycles. The first-order valence-electron chi connectivity index (χ1n) is 19.1. The molecule has 2 unspecified atom stereocenters. The summed E-state index contributed by atoms with van der Waals surface area (Å²) in [6, 6.07) is 12.5. The van der Waals surface area contributed by atoms with Gasteiger partial charge in [-0.2, -0.15) is 13.2 Å². The zero-order valence-corrected chi connectivity index (χ0v) is 34.6. The number of carbonyl (C=O) groups excluding carboxylic acids is 3. The van der Waals surface area contributed by atoms with E-state index in [1.165, 1.54) is 0 Å². The molecule has 3 aliphatic rings. The van der Waals surface area contributed by atoms with E-state index in [1.807, 2.05) is 31.2 Å². The number of benzene rings is 2. The van der Waals surface area contributed by atoms with Crippen molar-refractivity contribution in [2.24, 2.45) is 5.92 Å². The number of ether oxygens (including phenoxy) is 2. The third-order valence-electron chi connectivity index (χ3n) is 10.2. The molecule has 16 heteroatoms. The molecule has 3 aromatic rings. The van der Waals surface area contributed by atoms with E-state index >= 15 is 0 Å². The fourth-order valence-corrected chi connectivity index (χ4v) is 8.23. The molecule has 0 radical (unpaired) electrons. The molecule has 0 bridgehead atoms. The maximum atomic E-state index is 14.8. The second kappa shape index (κ2) is 17.5. The van der Waals surface area contributed by atoms with Crippen molar-refractivity contribution >= 4 is 58.5 Å². The number of anilines is 1. The Bertz CT molecular complexity index is 1930. The van der Waals surface area contributed by atoms with Crippen molar-refractivity contribution in [3.8, 4) is 5.75 Å². The number of aryl methyl sites for hydroxylation is 1. The summed E-state index contributed by atoms with van der Waals surface area (Å²) in [6.07, 6.45) is -2.18. The molecule has 1 aliphatic carbocycles. The van der Waals surface area contributed by atoms with E-state index < -0.39 is 36.1 Å². The lowest BCUT2D eigenvalue weighted by molar-refractivity contribution is -0.153. The van der Waals surface area contributed by atoms with Gasteiger partial charge < -0.3 is 29.5 Å². The largest absolute Gasteiger partial charge is 0.485 e. The number of carbonyl (C=O) groups is 3. The van der Waals surface area contributed by atoms with Crippen molar-refractivity contribution in [1.29, 1.82) is 0 Å². The standard InChI is InChI=1S/C41H47Cl3F3N5O5/c1-24-15-33(43)37(34(44)16-24)56-29-11-13-50(22-29)35-10-6-26(20-48-35)30-12-14-51(39(55)57-40(2,3)4)23-31(30)38(54)52(28-7-8-28)21-27-17-25(5-9-32(27)42)19-49-36(53)18-41(45,46)47/h5-6,9-10,15-17,20,28-31H,7-8,11-14,18-19,21-23H2,1-4H3,(H,49,53)/t29-,30?,31?/m0/s1. The van der Waals surface area contributed by atoms with E-state index in [0.717, 1.165) is 36.2 Å². The SMILES string of the molecule is Cc1cc(Cl)c(O[C@H]2CCN(c3ccc(C4CCN(C(=O)OC(C)(C)C)CC4C(=O)N(Cc4cc(CNC(=O)CC(F)(F)F)ccc4Cl)C4CC4)cn3)C2)c(Cl)c1. The summed E-state index contributed by atoms with van der Waals surface area (Å²) >= 11 is 19.5. The van der Waals surface area contributed by atoms with Crippen LogP contribution in [0.1, 0.15) is 81.0 Å². The molecule has 57 heavy (non-hydrogen) atoms. The zero-order chi connectivity index (χ0) is 41.2. The van der Waals surface area contributed by atoms with Gasteiger partial charge in [0.25, 0.3) is 0 Å². The summed E-state index contributed by atoms with van der Waals surface area (Å²) in [6.45, 7) is 9.15.